The topological polar surface area (TPSA) is 68.0 Å². The molecule has 4 rings (SSSR count). The van der Waals surface area contributed by atoms with Crippen molar-refractivity contribution in [2.75, 3.05) is 5.32 Å². The average Bonchev–Trinajstić information content (AvgIpc) is 3.24. The van der Waals surface area contributed by atoms with Gasteiger partial charge in [-0.2, -0.15) is 0 Å². The number of rotatable bonds is 6. The summed E-state index contributed by atoms with van der Waals surface area (Å²) in [6.45, 7) is 3.93. The maximum absolute atomic E-state index is 13.2. The molecule has 0 radical (unpaired) electrons. The zero-order valence-corrected chi connectivity index (χ0v) is 17.8. The summed E-state index contributed by atoms with van der Waals surface area (Å²) in [5.41, 5.74) is 4.23. The van der Waals surface area contributed by atoms with Crippen LogP contribution in [0.2, 0.25) is 0 Å². The van der Waals surface area contributed by atoms with Crippen molar-refractivity contribution in [1.29, 1.82) is 0 Å². The van der Waals surface area contributed by atoms with Crippen LogP contribution in [-0.4, -0.2) is 16.1 Å². The summed E-state index contributed by atoms with van der Waals surface area (Å²) in [7, 11) is 0. The number of nitrogens with one attached hydrogen (secondary N) is 1. The van der Waals surface area contributed by atoms with Crippen LogP contribution in [0.3, 0.4) is 0 Å². The van der Waals surface area contributed by atoms with Crippen LogP contribution < -0.4 is 5.32 Å². The fraction of sp³-hybridized carbons (Fsp3) is 0.125. The van der Waals surface area contributed by atoms with Crippen molar-refractivity contribution in [3.8, 4) is 11.5 Å². The van der Waals surface area contributed by atoms with E-state index >= 15 is 0 Å². The van der Waals surface area contributed by atoms with Crippen molar-refractivity contribution >= 4 is 23.4 Å². The number of carbonyl (C=O) groups excluding carboxylic acids is 1. The molecule has 1 aromatic heterocycles. The zero-order valence-electron chi connectivity index (χ0n) is 17.0. The Bertz CT molecular complexity index is 1190. The molecule has 0 fully saturated rings. The maximum Gasteiger partial charge on any atom is 0.277 e. The number of amides is 1. The molecule has 0 saturated carbocycles. The fourth-order valence-electron chi connectivity index (χ4n) is 3.04. The summed E-state index contributed by atoms with van der Waals surface area (Å²) in [6, 6.07) is 21.2. The highest BCUT2D eigenvalue weighted by Crippen LogP contribution is 2.37. The molecule has 1 heterocycles. The predicted molar refractivity (Wildman–Crippen MR) is 119 cm³/mol. The molecular weight excluding hydrogens is 413 g/mol. The maximum atomic E-state index is 13.2. The number of anilines is 1. The number of aromatic nitrogens is 2. The standard InChI is InChI=1S/C24H20FN3O2S/c1-15-8-9-16(2)20(14-15)26-22(29)21(17-6-4-3-5-7-17)31-24-28-27-23(30-24)18-10-12-19(25)13-11-18/h3-14,21H,1-2H3,(H,26,29). The van der Waals surface area contributed by atoms with Crippen LogP contribution in [0.25, 0.3) is 11.5 Å². The van der Waals surface area contributed by atoms with Crippen LogP contribution in [0, 0.1) is 19.7 Å². The Kier molecular flexibility index (Phi) is 6.13. The van der Waals surface area contributed by atoms with Crippen molar-refractivity contribution in [1.82, 2.24) is 10.2 Å². The first-order chi connectivity index (χ1) is 15.0. The Labute approximate surface area is 183 Å². The second-order valence-corrected chi connectivity index (χ2v) is 8.15. The number of thioether (sulfide) groups is 1. The molecule has 31 heavy (non-hydrogen) atoms. The third-order valence-electron chi connectivity index (χ3n) is 4.71. The smallest absolute Gasteiger partial charge is 0.277 e. The first-order valence-corrected chi connectivity index (χ1v) is 10.6. The first kappa shape index (κ1) is 20.8. The molecule has 0 aliphatic rings. The van der Waals surface area contributed by atoms with Gasteiger partial charge in [0.05, 0.1) is 0 Å². The van der Waals surface area contributed by atoms with Crippen molar-refractivity contribution in [3.05, 3.63) is 95.3 Å². The molecule has 1 unspecified atom stereocenters. The van der Waals surface area contributed by atoms with E-state index in [-0.39, 0.29) is 22.8 Å². The van der Waals surface area contributed by atoms with Crippen LogP contribution in [0.4, 0.5) is 10.1 Å². The Morgan fingerprint density at radius 3 is 2.48 bits per heavy atom. The average molecular weight is 434 g/mol. The molecule has 4 aromatic rings. The molecule has 0 aliphatic carbocycles. The summed E-state index contributed by atoms with van der Waals surface area (Å²) in [4.78, 5) is 13.2. The van der Waals surface area contributed by atoms with Crippen molar-refractivity contribution < 1.29 is 13.6 Å². The van der Waals surface area contributed by atoms with Crippen LogP contribution in [0.1, 0.15) is 21.9 Å². The second-order valence-electron chi connectivity index (χ2n) is 7.10. The van der Waals surface area contributed by atoms with Gasteiger partial charge in [-0.05, 0) is 72.6 Å². The highest BCUT2D eigenvalue weighted by Gasteiger charge is 2.25. The summed E-state index contributed by atoms with van der Waals surface area (Å²) in [5.74, 6) is -0.263. The third-order valence-corrected chi connectivity index (χ3v) is 5.80. The van der Waals surface area contributed by atoms with E-state index in [1.54, 1.807) is 12.1 Å². The van der Waals surface area contributed by atoms with E-state index < -0.39 is 5.25 Å². The normalized spacial score (nSPS) is 11.8. The Morgan fingerprint density at radius 1 is 1.00 bits per heavy atom. The van der Waals surface area contributed by atoms with Gasteiger partial charge in [-0.15, -0.1) is 10.2 Å². The number of hydrogen-bond donors (Lipinski definition) is 1. The summed E-state index contributed by atoms with van der Waals surface area (Å²) in [6.07, 6.45) is 0. The van der Waals surface area contributed by atoms with E-state index in [0.717, 1.165) is 22.4 Å². The van der Waals surface area contributed by atoms with Gasteiger partial charge in [0.1, 0.15) is 11.1 Å². The Morgan fingerprint density at radius 2 is 1.74 bits per heavy atom. The Hall–Kier alpha value is -3.45. The van der Waals surface area contributed by atoms with E-state index in [4.69, 9.17) is 4.42 Å². The number of benzene rings is 3. The lowest BCUT2D eigenvalue weighted by Gasteiger charge is -2.16. The summed E-state index contributed by atoms with van der Waals surface area (Å²) in [5, 5.41) is 10.8. The molecule has 3 aromatic carbocycles. The first-order valence-electron chi connectivity index (χ1n) is 9.69. The molecule has 0 spiro atoms. The van der Waals surface area contributed by atoms with Crippen LogP contribution in [0.5, 0.6) is 0 Å². The van der Waals surface area contributed by atoms with E-state index in [1.807, 2.05) is 62.4 Å². The zero-order chi connectivity index (χ0) is 21.8. The largest absolute Gasteiger partial charge is 0.411 e. The van der Waals surface area contributed by atoms with Crippen molar-refractivity contribution in [2.45, 2.75) is 24.3 Å². The molecule has 156 valence electrons. The van der Waals surface area contributed by atoms with Crippen LogP contribution >= 0.6 is 11.8 Å². The number of halogens is 1. The minimum Gasteiger partial charge on any atom is -0.411 e. The predicted octanol–water partition coefficient (Wildman–Crippen LogP) is 5.96. The minimum atomic E-state index is -0.595. The van der Waals surface area contributed by atoms with E-state index in [2.05, 4.69) is 15.5 Å². The monoisotopic (exact) mass is 433 g/mol. The molecule has 7 heteroatoms. The van der Waals surface area contributed by atoms with E-state index in [0.29, 0.717) is 5.56 Å². The number of hydrogen-bond acceptors (Lipinski definition) is 5. The molecule has 0 aliphatic heterocycles. The van der Waals surface area contributed by atoms with E-state index in [9.17, 15) is 9.18 Å². The highest BCUT2D eigenvalue weighted by molar-refractivity contribution is 8.00. The lowest BCUT2D eigenvalue weighted by Crippen LogP contribution is -2.19. The number of aryl methyl sites for hydroxylation is 2. The van der Waals surface area contributed by atoms with Crippen molar-refractivity contribution in [2.24, 2.45) is 0 Å². The second kappa shape index (κ2) is 9.14. The number of carbonyl (C=O) groups is 1. The highest BCUT2D eigenvalue weighted by atomic mass is 32.2. The molecule has 0 bridgehead atoms. The summed E-state index contributed by atoms with van der Waals surface area (Å²) < 4.78 is 18.9. The lowest BCUT2D eigenvalue weighted by atomic mass is 10.1. The fourth-order valence-corrected chi connectivity index (χ4v) is 3.91. The van der Waals surface area contributed by atoms with Gasteiger partial charge in [0.25, 0.3) is 5.22 Å². The lowest BCUT2D eigenvalue weighted by molar-refractivity contribution is -0.115. The van der Waals surface area contributed by atoms with Gasteiger partial charge in [0.2, 0.25) is 11.8 Å². The molecular formula is C24H20FN3O2S. The van der Waals surface area contributed by atoms with E-state index in [1.165, 1.54) is 23.9 Å². The SMILES string of the molecule is Cc1ccc(C)c(NC(=O)C(Sc2nnc(-c3ccc(F)cc3)o2)c2ccccc2)c1. The summed E-state index contributed by atoms with van der Waals surface area (Å²) >= 11 is 1.17. The van der Waals surface area contributed by atoms with Gasteiger partial charge < -0.3 is 9.73 Å². The Balaban J connectivity index is 1.60. The third kappa shape index (κ3) is 5.00. The molecule has 0 saturated heterocycles. The van der Waals surface area contributed by atoms with Crippen LogP contribution in [-0.2, 0) is 4.79 Å². The number of nitrogens with zero attached hydrogens (tertiary/aromatic N) is 2. The van der Waals surface area contributed by atoms with Gasteiger partial charge in [-0.3, -0.25) is 4.79 Å². The molecule has 1 N–H and O–H groups in total. The molecule has 1 amide bonds. The minimum absolute atomic E-state index is 0.188. The molecule has 1 atom stereocenters. The quantitative estimate of drug-likeness (QED) is 0.380. The van der Waals surface area contributed by atoms with Gasteiger partial charge in [0, 0.05) is 11.3 Å². The van der Waals surface area contributed by atoms with Crippen molar-refractivity contribution in [3.63, 3.8) is 0 Å². The molecule has 5 nitrogen and oxygen atoms in total. The van der Waals surface area contributed by atoms with Gasteiger partial charge in [-0.1, -0.05) is 42.5 Å². The van der Waals surface area contributed by atoms with Gasteiger partial charge >= 0.3 is 0 Å². The van der Waals surface area contributed by atoms with Crippen LogP contribution in [0.15, 0.2) is 82.4 Å². The van der Waals surface area contributed by atoms with Gasteiger partial charge in [-0.25, -0.2) is 4.39 Å². The van der Waals surface area contributed by atoms with Gasteiger partial charge in [0.15, 0.2) is 0 Å².